The Morgan fingerprint density at radius 2 is 2.35 bits per heavy atom. The van der Waals surface area contributed by atoms with Crippen molar-refractivity contribution in [2.24, 2.45) is 0 Å². The fourth-order valence-electron chi connectivity index (χ4n) is 2.83. The molecule has 3 rings (SSSR count). The van der Waals surface area contributed by atoms with Gasteiger partial charge < -0.3 is 20.5 Å². The Balaban J connectivity index is 1.66. The first-order valence-electron chi connectivity index (χ1n) is 7.07. The lowest BCUT2D eigenvalue weighted by molar-refractivity contribution is -0.124. The number of carbonyl (C=O) groups is 1. The van der Waals surface area contributed by atoms with Crippen LogP contribution in [-0.4, -0.2) is 42.9 Å². The van der Waals surface area contributed by atoms with Crippen LogP contribution in [0.2, 0.25) is 0 Å². The number of fused-ring (bicyclic) bond motifs is 1. The van der Waals surface area contributed by atoms with Gasteiger partial charge in [0.2, 0.25) is 5.91 Å². The van der Waals surface area contributed by atoms with Gasteiger partial charge in [-0.25, -0.2) is 0 Å². The summed E-state index contributed by atoms with van der Waals surface area (Å²) in [6.07, 6.45) is 1.51. The summed E-state index contributed by atoms with van der Waals surface area (Å²) < 4.78 is 5.18. The van der Waals surface area contributed by atoms with Crippen molar-refractivity contribution in [1.82, 2.24) is 10.6 Å². The predicted octanol–water partition coefficient (Wildman–Crippen LogP) is 0.141. The fraction of sp³-hybridized carbons (Fsp3) is 0.533. The number of nitrogens with one attached hydrogen (secondary N) is 2. The molecule has 1 aromatic rings. The van der Waals surface area contributed by atoms with Crippen molar-refractivity contribution < 1.29 is 14.6 Å². The van der Waals surface area contributed by atoms with Crippen LogP contribution in [0.25, 0.3) is 0 Å². The molecule has 2 aliphatic heterocycles. The predicted molar refractivity (Wildman–Crippen MR) is 74.3 cm³/mol. The fourth-order valence-corrected chi connectivity index (χ4v) is 2.83. The van der Waals surface area contributed by atoms with Gasteiger partial charge in [-0.15, -0.1) is 0 Å². The van der Waals surface area contributed by atoms with E-state index in [0.29, 0.717) is 19.6 Å². The molecule has 0 aromatic heterocycles. The summed E-state index contributed by atoms with van der Waals surface area (Å²) in [5.41, 5.74) is 1.34. The zero-order valence-corrected chi connectivity index (χ0v) is 11.4. The second-order valence-electron chi connectivity index (χ2n) is 5.58. The van der Waals surface area contributed by atoms with Crippen LogP contribution in [0.5, 0.6) is 0 Å². The molecule has 2 unspecified atom stereocenters. The average Bonchev–Trinajstić information content (AvgIpc) is 2.91. The standard InChI is InChI=1S/C15H20N2O3/c18-14(17-9-15(19)6-8-20-10-15)13-12-4-2-1-3-11(12)5-7-16-13/h1-4,13,16,19H,5-10H2,(H,17,18). The summed E-state index contributed by atoms with van der Waals surface area (Å²) in [6.45, 7) is 1.88. The van der Waals surface area contributed by atoms with Gasteiger partial charge in [-0.3, -0.25) is 4.79 Å². The first-order chi connectivity index (χ1) is 9.68. The first-order valence-corrected chi connectivity index (χ1v) is 7.07. The van der Waals surface area contributed by atoms with Gasteiger partial charge >= 0.3 is 0 Å². The second kappa shape index (κ2) is 5.52. The molecular formula is C15H20N2O3. The monoisotopic (exact) mass is 276 g/mol. The molecule has 1 amide bonds. The maximum Gasteiger partial charge on any atom is 0.241 e. The van der Waals surface area contributed by atoms with Gasteiger partial charge in [0.25, 0.3) is 0 Å². The van der Waals surface area contributed by atoms with Crippen molar-refractivity contribution in [1.29, 1.82) is 0 Å². The van der Waals surface area contributed by atoms with Crippen LogP contribution in [0, 0.1) is 0 Å². The van der Waals surface area contributed by atoms with Crippen LogP contribution in [-0.2, 0) is 16.0 Å². The minimum atomic E-state index is -0.913. The molecule has 2 heterocycles. The van der Waals surface area contributed by atoms with Crippen molar-refractivity contribution >= 4 is 5.91 Å². The van der Waals surface area contributed by atoms with Gasteiger partial charge in [0, 0.05) is 26.1 Å². The summed E-state index contributed by atoms with van der Waals surface area (Å²) in [5.74, 6) is -0.0857. The Bertz CT molecular complexity index is 498. The molecule has 1 saturated heterocycles. The molecule has 3 N–H and O–H groups in total. The third-order valence-corrected chi connectivity index (χ3v) is 4.05. The quantitative estimate of drug-likeness (QED) is 0.734. The molecule has 0 radical (unpaired) electrons. The average molecular weight is 276 g/mol. The highest BCUT2D eigenvalue weighted by atomic mass is 16.5. The summed E-state index contributed by atoms with van der Waals surface area (Å²) in [5, 5.41) is 16.3. The lowest BCUT2D eigenvalue weighted by atomic mass is 9.93. The number of amides is 1. The molecule has 108 valence electrons. The zero-order chi connectivity index (χ0) is 14.0. The van der Waals surface area contributed by atoms with Crippen LogP contribution in [0.1, 0.15) is 23.6 Å². The Morgan fingerprint density at radius 3 is 3.15 bits per heavy atom. The van der Waals surface area contributed by atoms with E-state index in [0.717, 1.165) is 18.5 Å². The maximum atomic E-state index is 12.3. The van der Waals surface area contributed by atoms with Gasteiger partial charge in [0.15, 0.2) is 0 Å². The third-order valence-electron chi connectivity index (χ3n) is 4.05. The van der Waals surface area contributed by atoms with Crippen molar-refractivity contribution in [2.45, 2.75) is 24.5 Å². The number of carbonyl (C=O) groups excluding carboxylic acids is 1. The van der Waals surface area contributed by atoms with Gasteiger partial charge in [-0.2, -0.15) is 0 Å². The highest BCUT2D eigenvalue weighted by molar-refractivity contribution is 5.84. The summed E-state index contributed by atoms with van der Waals surface area (Å²) in [7, 11) is 0. The molecule has 5 nitrogen and oxygen atoms in total. The van der Waals surface area contributed by atoms with Crippen LogP contribution in [0.4, 0.5) is 0 Å². The number of rotatable bonds is 3. The van der Waals surface area contributed by atoms with E-state index < -0.39 is 5.60 Å². The topological polar surface area (TPSA) is 70.6 Å². The second-order valence-corrected chi connectivity index (χ2v) is 5.58. The molecule has 1 aromatic carbocycles. The van der Waals surface area contributed by atoms with Crippen molar-refractivity contribution in [2.75, 3.05) is 26.3 Å². The molecule has 1 fully saturated rings. The van der Waals surface area contributed by atoms with Crippen LogP contribution in [0.3, 0.4) is 0 Å². The summed E-state index contributed by atoms with van der Waals surface area (Å²) in [6, 6.07) is 7.67. The van der Waals surface area contributed by atoms with Gasteiger partial charge in [0.1, 0.15) is 11.6 Å². The van der Waals surface area contributed by atoms with E-state index >= 15 is 0 Å². The minimum absolute atomic E-state index is 0.0857. The third kappa shape index (κ3) is 2.70. The minimum Gasteiger partial charge on any atom is -0.386 e. The van der Waals surface area contributed by atoms with E-state index in [9.17, 15) is 9.90 Å². The van der Waals surface area contributed by atoms with Crippen LogP contribution in [0.15, 0.2) is 24.3 Å². The number of ether oxygens (including phenoxy) is 1. The van der Waals surface area contributed by atoms with Gasteiger partial charge in [-0.1, -0.05) is 24.3 Å². The molecule has 0 saturated carbocycles. The van der Waals surface area contributed by atoms with Crippen LogP contribution < -0.4 is 10.6 Å². The lowest BCUT2D eigenvalue weighted by Crippen LogP contribution is -2.48. The van der Waals surface area contributed by atoms with Crippen LogP contribution >= 0.6 is 0 Å². The van der Waals surface area contributed by atoms with Crippen molar-refractivity contribution in [3.8, 4) is 0 Å². The Hall–Kier alpha value is -1.43. The van der Waals surface area contributed by atoms with Crippen molar-refractivity contribution in [3.05, 3.63) is 35.4 Å². The normalized spacial score (nSPS) is 28.9. The molecule has 5 heteroatoms. The number of hydrogen-bond acceptors (Lipinski definition) is 4. The number of benzene rings is 1. The van der Waals surface area contributed by atoms with E-state index in [1.807, 2.05) is 18.2 Å². The summed E-state index contributed by atoms with van der Waals surface area (Å²) in [4.78, 5) is 12.3. The molecular weight excluding hydrogens is 256 g/mol. The lowest BCUT2D eigenvalue weighted by Gasteiger charge is -2.28. The number of aliphatic hydroxyl groups is 1. The number of hydrogen-bond donors (Lipinski definition) is 3. The zero-order valence-electron chi connectivity index (χ0n) is 11.4. The molecule has 2 aliphatic rings. The van der Waals surface area contributed by atoms with E-state index in [4.69, 9.17) is 4.74 Å². The molecule has 0 spiro atoms. The summed E-state index contributed by atoms with van der Waals surface area (Å²) >= 11 is 0. The molecule has 0 aliphatic carbocycles. The Labute approximate surface area is 118 Å². The van der Waals surface area contributed by atoms with E-state index in [1.54, 1.807) is 0 Å². The smallest absolute Gasteiger partial charge is 0.241 e. The first kappa shape index (κ1) is 13.5. The van der Waals surface area contributed by atoms with Crippen molar-refractivity contribution in [3.63, 3.8) is 0 Å². The molecule has 0 bridgehead atoms. The van der Waals surface area contributed by atoms with E-state index in [1.165, 1.54) is 5.56 Å². The Kier molecular flexibility index (Phi) is 3.74. The Morgan fingerprint density at radius 1 is 1.50 bits per heavy atom. The van der Waals surface area contributed by atoms with E-state index in [-0.39, 0.29) is 18.5 Å². The largest absolute Gasteiger partial charge is 0.386 e. The van der Waals surface area contributed by atoms with E-state index in [2.05, 4.69) is 16.7 Å². The molecule has 2 atom stereocenters. The SMILES string of the molecule is O=C(NCC1(O)CCOC1)C1NCCc2ccccc21. The van der Waals surface area contributed by atoms with Gasteiger partial charge in [0.05, 0.1) is 6.61 Å². The van der Waals surface area contributed by atoms with Gasteiger partial charge in [-0.05, 0) is 17.5 Å². The maximum absolute atomic E-state index is 12.3. The molecule has 20 heavy (non-hydrogen) atoms. The highest BCUT2D eigenvalue weighted by Crippen LogP contribution is 2.23. The highest BCUT2D eigenvalue weighted by Gasteiger charge is 2.34.